The van der Waals surface area contributed by atoms with Gasteiger partial charge in [0.25, 0.3) is 0 Å². The van der Waals surface area contributed by atoms with Crippen molar-refractivity contribution in [2.75, 3.05) is 13.2 Å². The maximum Gasteiger partial charge on any atom is 0.0506 e. The first kappa shape index (κ1) is 12.8. The zero-order chi connectivity index (χ0) is 7.28. The van der Waals surface area contributed by atoms with E-state index in [9.17, 15) is 0 Å². The summed E-state index contributed by atoms with van der Waals surface area (Å²) in [5.74, 6) is 0.477. The summed E-state index contributed by atoms with van der Waals surface area (Å²) in [6.07, 6.45) is 0. The zero-order valence-corrected chi connectivity index (χ0v) is 7.78. The van der Waals surface area contributed by atoms with Crippen molar-refractivity contribution in [3.05, 3.63) is 0 Å². The normalized spacial score (nSPS) is 15.6. The van der Waals surface area contributed by atoms with Crippen molar-refractivity contribution in [1.82, 2.24) is 0 Å². The molecular weight excluding hydrogens is 150 g/mol. The molecule has 0 saturated carbocycles. The molecule has 0 aliphatic rings. The van der Waals surface area contributed by atoms with Crippen molar-refractivity contribution in [1.29, 1.82) is 0 Å². The van der Waals surface area contributed by atoms with Crippen LogP contribution < -0.4 is 5.73 Å². The maximum absolute atomic E-state index is 5.60. The Bertz CT molecular complexity index is 68.6. The zero-order valence-electron chi connectivity index (χ0n) is 6.96. The van der Waals surface area contributed by atoms with Crippen molar-refractivity contribution in [3.63, 3.8) is 0 Å². The molecule has 10 heavy (non-hydrogen) atoms. The van der Waals surface area contributed by atoms with Crippen molar-refractivity contribution in [3.8, 4) is 0 Å². The van der Waals surface area contributed by atoms with Crippen LogP contribution in [0.2, 0.25) is 0 Å². The molecule has 2 nitrogen and oxygen atoms in total. The van der Waals surface area contributed by atoms with E-state index in [1.807, 2.05) is 13.8 Å². The van der Waals surface area contributed by atoms with E-state index in [-0.39, 0.29) is 18.4 Å². The fourth-order valence-corrected chi connectivity index (χ4v) is 0.456. The first-order chi connectivity index (χ1) is 4.18. The van der Waals surface area contributed by atoms with Crippen molar-refractivity contribution >= 4 is 12.4 Å². The highest BCUT2D eigenvalue weighted by molar-refractivity contribution is 5.85. The average Bonchev–Trinajstić information content (AvgIpc) is 1.82. The van der Waals surface area contributed by atoms with Crippen LogP contribution >= 0.6 is 12.4 Å². The molecule has 0 bridgehead atoms. The van der Waals surface area contributed by atoms with Gasteiger partial charge in [-0.15, -0.1) is 12.4 Å². The van der Waals surface area contributed by atoms with Gasteiger partial charge in [-0.2, -0.15) is 0 Å². The molecule has 0 fully saturated rings. The molecule has 0 amide bonds. The van der Waals surface area contributed by atoms with Gasteiger partial charge in [0.05, 0.1) is 6.61 Å². The summed E-state index contributed by atoms with van der Waals surface area (Å²) < 4.78 is 5.18. The van der Waals surface area contributed by atoms with E-state index in [1.54, 1.807) is 0 Å². The number of ether oxygens (including phenoxy) is 1. The Morgan fingerprint density at radius 1 is 1.40 bits per heavy atom. The Balaban J connectivity index is 0. The Morgan fingerprint density at radius 2 is 1.90 bits per heavy atom. The number of nitrogens with two attached hydrogens (primary N) is 1. The summed E-state index contributed by atoms with van der Waals surface area (Å²) in [4.78, 5) is 0. The van der Waals surface area contributed by atoms with Gasteiger partial charge < -0.3 is 10.5 Å². The molecule has 0 aliphatic heterocycles. The Morgan fingerprint density at radius 3 is 2.20 bits per heavy atom. The molecule has 2 N–H and O–H groups in total. The Kier molecular flexibility index (Phi) is 9.40. The minimum absolute atomic E-state index is 0. The van der Waals surface area contributed by atoms with Crippen LogP contribution in [-0.4, -0.2) is 19.3 Å². The lowest BCUT2D eigenvalue weighted by Gasteiger charge is -2.14. The van der Waals surface area contributed by atoms with Gasteiger partial charge in [-0.3, -0.25) is 0 Å². The molecule has 0 radical (unpaired) electrons. The molecule has 0 heterocycles. The second kappa shape index (κ2) is 7.32. The Hall–Kier alpha value is 0.210. The van der Waals surface area contributed by atoms with Gasteiger partial charge in [-0.25, -0.2) is 0 Å². The average molecular weight is 168 g/mol. The van der Waals surface area contributed by atoms with E-state index in [2.05, 4.69) is 6.92 Å². The fraction of sp³-hybridized carbons (Fsp3) is 1.00. The number of halogens is 1. The van der Waals surface area contributed by atoms with Crippen LogP contribution in [0.1, 0.15) is 20.8 Å². The van der Waals surface area contributed by atoms with Gasteiger partial charge >= 0.3 is 0 Å². The molecule has 0 rings (SSSR count). The molecular formula is C7H18ClNO. The molecule has 64 valence electrons. The molecule has 0 aromatic carbocycles. The minimum atomic E-state index is 0. The minimum Gasteiger partial charge on any atom is -0.381 e. The Labute approximate surface area is 69.5 Å². The third kappa shape index (κ3) is 6.33. The van der Waals surface area contributed by atoms with Gasteiger partial charge in [0, 0.05) is 12.6 Å². The van der Waals surface area contributed by atoms with Crippen LogP contribution in [-0.2, 0) is 4.74 Å². The standard InChI is InChI=1S/C7H17NO.ClH/c1-4-9-5-6(2)7(3)8;/h6-7H,4-5,8H2,1-3H3;1H/t6?,7-;/m0./s1. The molecule has 0 aromatic heterocycles. The summed E-state index contributed by atoms with van der Waals surface area (Å²) in [7, 11) is 0. The molecule has 0 aromatic rings. The molecule has 0 saturated heterocycles. The van der Waals surface area contributed by atoms with Gasteiger partial charge in [0.15, 0.2) is 0 Å². The van der Waals surface area contributed by atoms with Gasteiger partial charge in [0.1, 0.15) is 0 Å². The largest absolute Gasteiger partial charge is 0.381 e. The first-order valence-electron chi connectivity index (χ1n) is 3.51. The predicted molar refractivity (Wildman–Crippen MR) is 46.6 cm³/mol. The second-order valence-corrected chi connectivity index (χ2v) is 2.50. The third-order valence-corrected chi connectivity index (χ3v) is 1.48. The van der Waals surface area contributed by atoms with Crippen LogP contribution in [0.15, 0.2) is 0 Å². The fourth-order valence-electron chi connectivity index (χ4n) is 0.456. The highest BCUT2D eigenvalue weighted by atomic mass is 35.5. The first-order valence-corrected chi connectivity index (χ1v) is 3.51. The summed E-state index contributed by atoms with van der Waals surface area (Å²) in [6, 6.07) is 0.247. The van der Waals surface area contributed by atoms with Crippen molar-refractivity contribution < 1.29 is 4.74 Å². The number of hydrogen-bond donors (Lipinski definition) is 1. The van der Waals surface area contributed by atoms with Crippen LogP contribution in [0.5, 0.6) is 0 Å². The van der Waals surface area contributed by atoms with E-state index in [1.165, 1.54) is 0 Å². The lowest BCUT2D eigenvalue weighted by atomic mass is 10.1. The topological polar surface area (TPSA) is 35.2 Å². The van der Waals surface area contributed by atoms with Crippen molar-refractivity contribution in [2.24, 2.45) is 11.7 Å². The van der Waals surface area contributed by atoms with E-state index in [0.29, 0.717) is 5.92 Å². The van der Waals surface area contributed by atoms with Crippen LogP contribution in [0.3, 0.4) is 0 Å². The van der Waals surface area contributed by atoms with E-state index in [4.69, 9.17) is 10.5 Å². The third-order valence-electron chi connectivity index (χ3n) is 1.48. The molecule has 0 aliphatic carbocycles. The summed E-state index contributed by atoms with van der Waals surface area (Å²) in [5.41, 5.74) is 5.60. The van der Waals surface area contributed by atoms with Gasteiger partial charge in [-0.1, -0.05) is 6.92 Å². The highest BCUT2D eigenvalue weighted by Gasteiger charge is 2.05. The summed E-state index contributed by atoms with van der Waals surface area (Å²) in [6.45, 7) is 7.67. The number of rotatable bonds is 4. The van der Waals surface area contributed by atoms with Gasteiger partial charge in [0.2, 0.25) is 0 Å². The van der Waals surface area contributed by atoms with Gasteiger partial charge in [-0.05, 0) is 19.8 Å². The molecule has 3 heteroatoms. The van der Waals surface area contributed by atoms with E-state index >= 15 is 0 Å². The lowest BCUT2D eigenvalue weighted by molar-refractivity contribution is 0.109. The molecule has 2 atom stereocenters. The number of hydrogen-bond acceptors (Lipinski definition) is 2. The van der Waals surface area contributed by atoms with Crippen LogP contribution in [0, 0.1) is 5.92 Å². The predicted octanol–water partition coefficient (Wildman–Crippen LogP) is 1.43. The van der Waals surface area contributed by atoms with Crippen LogP contribution in [0.25, 0.3) is 0 Å². The van der Waals surface area contributed by atoms with Crippen LogP contribution in [0.4, 0.5) is 0 Å². The summed E-state index contributed by atoms with van der Waals surface area (Å²) in [5, 5.41) is 0. The SMILES string of the molecule is CCOCC(C)[C@H](C)N.Cl. The monoisotopic (exact) mass is 167 g/mol. The quantitative estimate of drug-likeness (QED) is 0.688. The van der Waals surface area contributed by atoms with E-state index < -0.39 is 0 Å². The molecule has 0 spiro atoms. The smallest absolute Gasteiger partial charge is 0.0506 e. The lowest BCUT2D eigenvalue weighted by Crippen LogP contribution is -2.27. The maximum atomic E-state index is 5.60. The highest BCUT2D eigenvalue weighted by Crippen LogP contribution is 1.98. The van der Waals surface area contributed by atoms with E-state index in [0.717, 1.165) is 13.2 Å². The second-order valence-electron chi connectivity index (χ2n) is 2.50. The summed E-state index contributed by atoms with van der Waals surface area (Å²) >= 11 is 0. The van der Waals surface area contributed by atoms with Crippen molar-refractivity contribution in [2.45, 2.75) is 26.8 Å². The molecule has 1 unspecified atom stereocenters.